The van der Waals surface area contributed by atoms with Crippen molar-refractivity contribution in [2.75, 3.05) is 0 Å². The summed E-state index contributed by atoms with van der Waals surface area (Å²) in [6.07, 6.45) is 4.03. The molecule has 0 aliphatic carbocycles. The molecule has 0 fully saturated rings. The van der Waals surface area contributed by atoms with Crippen molar-refractivity contribution in [1.29, 1.82) is 0 Å². The molecule has 0 saturated heterocycles. The minimum atomic E-state index is -0.102. The molecule has 0 spiro atoms. The fourth-order valence-corrected chi connectivity index (χ4v) is 2.82. The van der Waals surface area contributed by atoms with E-state index < -0.39 is 0 Å². The molecular weight excluding hydrogens is 306 g/mol. The number of nitroso groups, excluding NO2 is 1. The van der Waals surface area contributed by atoms with Crippen LogP contribution in [-0.2, 0) is 0 Å². The molecule has 0 aliphatic heterocycles. The molecule has 4 heteroatoms. The van der Waals surface area contributed by atoms with Gasteiger partial charge in [0, 0.05) is 16.5 Å². The van der Waals surface area contributed by atoms with Gasteiger partial charge >= 0.3 is 0 Å². The van der Waals surface area contributed by atoms with Crippen LogP contribution >= 0.6 is 11.3 Å². The number of thiophene rings is 1. The van der Waals surface area contributed by atoms with Gasteiger partial charge < -0.3 is 0 Å². The highest BCUT2D eigenvalue weighted by Gasteiger charge is 2.11. The predicted molar refractivity (Wildman–Crippen MR) is 95.0 cm³/mol. The minimum Gasteiger partial charge on any atom is -0.289 e. The summed E-state index contributed by atoms with van der Waals surface area (Å²) in [6, 6.07) is 18.9. The molecule has 3 aromatic rings. The quantitative estimate of drug-likeness (QED) is 0.352. The lowest BCUT2D eigenvalue weighted by Crippen LogP contribution is -1.98. The lowest BCUT2D eigenvalue weighted by Gasteiger charge is -2.00. The average Bonchev–Trinajstić information content (AvgIpc) is 3.10. The summed E-state index contributed by atoms with van der Waals surface area (Å²) in [5.41, 5.74) is 3.24. The normalized spacial score (nSPS) is 10.8. The van der Waals surface area contributed by atoms with Crippen molar-refractivity contribution >= 4 is 34.3 Å². The zero-order chi connectivity index (χ0) is 16.1. The summed E-state index contributed by atoms with van der Waals surface area (Å²) in [4.78, 5) is 22.8. The number of hydrogen-bond acceptors (Lipinski definition) is 4. The summed E-state index contributed by atoms with van der Waals surface area (Å²) in [7, 11) is 0. The molecule has 0 atom stereocenters. The summed E-state index contributed by atoms with van der Waals surface area (Å²) in [5.74, 6) is -0.102. The van der Waals surface area contributed by atoms with E-state index in [-0.39, 0.29) is 5.78 Å². The van der Waals surface area contributed by atoms with Gasteiger partial charge in [0.05, 0.1) is 0 Å². The van der Waals surface area contributed by atoms with Gasteiger partial charge in [-0.2, -0.15) is 0 Å². The van der Waals surface area contributed by atoms with Crippen molar-refractivity contribution in [2.24, 2.45) is 5.18 Å². The van der Waals surface area contributed by atoms with E-state index in [0.29, 0.717) is 16.1 Å². The standard InChI is InChI=1S/C19H13NO2S/c21-19(17-12-18(20-22)23-13-17)16-10-8-15(9-11-16)7-6-14-4-2-1-3-5-14/h1-13H. The fraction of sp³-hybridized carbons (Fsp3) is 0. The van der Waals surface area contributed by atoms with E-state index in [2.05, 4.69) is 5.18 Å². The minimum absolute atomic E-state index is 0.102. The summed E-state index contributed by atoms with van der Waals surface area (Å²) in [6.45, 7) is 0. The first-order chi connectivity index (χ1) is 11.3. The summed E-state index contributed by atoms with van der Waals surface area (Å²) >= 11 is 1.17. The molecular formula is C19H13NO2S. The van der Waals surface area contributed by atoms with E-state index in [9.17, 15) is 9.70 Å². The molecule has 23 heavy (non-hydrogen) atoms. The van der Waals surface area contributed by atoms with Crippen molar-refractivity contribution < 1.29 is 4.79 Å². The number of rotatable bonds is 5. The molecule has 3 rings (SSSR count). The molecule has 0 N–H and O–H groups in total. The Balaban J connectivity index is 1.75. The first-order valence-corrected chi connectivity index (χ1v) is 7.94. The second kappa shape index (κ2) is 6.94. The third kappa shape index (κ3) is 3.67. The molecule has 0 unspecified atom stereocenters. The maximum absolute atomic E-state index is 12.3. The van der Waals surface area contributed by atoms with E-state index in [1.807, 2.05) is 54.6 Å². The topological polar surface area (TPSA) is 46.5 Å². The maximum atomic E-state index is 12.3. The molecule has 0 amide bonds. The zero-order valence-electron chi connectivity index (χ0n) is 12.2. The zero-order valence-corrected chi connectivity index (χ0v) is 13.0. The number of ketones is 1. The summed E-state index contributed by atoms with van der Waals surface area (Å²) in [5, 5.41) is 4.81. The number of carbonyl (C=O) groups excluding carboxylic acids is 1. The Kier molecular flexibility index (Phi) is 4.54. The van der Waals surface area contributed by atoms with E-state index in [1.54, 1.807) is 17.5 Å². The van der Waals surface area contributed by atoms with Crippen LogP contribution < -0.4 is 0 Å². The Bertz CT molecular complexity index is 849. The van der Waals surface area contributed by atoms with Crippen LogP contribution in [-0.4, -0.2) is 5.78 Å². The van der Waals surface area contributed by atoms with Gasteiger partial charge in [-0.15, -0.1) is 16.2 Å². The van der Waals surface area contributed by atoms with Gasteiger partial charge in [-0.25, -0.2) is 0 Å². The molecule has 3 nitrogen and oxygen atoms in total. The highest BCUT2D eigenvalue weighted by molar-refractivity contribution is 7.14. The van der Waals surface area contributed by atoms with Gasteiger partial charge in [-0.1, -0.05) is 66.7 Å². The monoisotopic (exact) mass is 319 g/mol. The van der Waals surface area contributed by atoms with Crippen molar-refractivity contribution in [2.45, 2.75) is 0 Å². The lowest BCUT2D eigenvalue weighted by atomic mass is 10.0. The number of carbonyl (C=O) groups is 1. The largest absolute Gasteiger partial charge is 0.289 e. The molecule has 2 aromatic carbocycles. The number of nitrogens with zero attached hydrogens (tertiary/aromatic N) is 1. The fourth-order valence-electron chi connectivity index (χ4n) is 2.16. The molecule has 112 valence electrons. The molecule has 0 bridgehead atoms. The van der Waals surface area contributed by atoms with Crippen molar-refractivity contribution in [1.82, 2.24) is 0 Å². The van der Waals surface area contributed by atoms with E-state index in [4.69, 9.17) is 0 Å². The van der Waals surface area contributed by atoms with Crippen LogP contribution in [0.25, 0.3) is 12.2 Å². The van der Waals surface area contributed by atoms with Crippen LogP contribution in [0.4, 0.5) is 5.00 Å². The Morgan fingerprint density at radius 3 is 2.13 bits per heavy atom. The smallest absolute Gasteiger partial charge is 0.193 e. The second-order valence-corrected chi connectivity index (χ2v) is 5.85. The van der Waals surface area contributed by atoms with Crippen molar-refractivity contribution in [3.05, 3.63) is 93.2 Å². The predicted octanol–water partition coefficient (Wildman–Crippen LogP) is 5.55. The van der Waals surface area contributed by atoms with Crippen molar-refractivity contribution in [3.8, 4) is 0 Å². The van der Waals surface area contributed by atoms with Gasteiger partial charge in [0.15, 0.2) is 10.8 Å². The van der Waals surface area contributed by atoms with Crippen LogP contribution in [0.1, 0.15) is 27.0 Å². The molecule has 1 aromatic heterocycles. The Hall–Kier alpha value is -2.85. The van der Waals surface area contributed by atoms with Gasteiger partial charge in [0.25, 0.3) is 0 Å². The Labute approximate surface area is 137 Å². The van der Waals surface area contributed by atoms with Crippen LogP contribution in [0.5, 0.6) is 0 Å². The van der Waals surface area contributed by atoms with Gasteiger partial charge in [0.2, 0.25) is 0 Å². The van der Waals surface area contributed by atoms with Crippen LogP contribution in [0.3, 0.4) is 0 Å². The highest BCUT2D eigenvalue weighted by Crippen LogP contribution is 2.25. The van der Waals surface area contributed by atoms with E-state index >= 15 is 0 Å². The van der Waals surface area contributed by atoms with Gasteiger partial charge in [-0.05, 0) is 22.4 Å². The molecule has 0 aliphatic rings. The number of hydrogen-bond donors (Lipinski definition) is 0. The SMILES string of the molecule is O=Nc1cc(C(=O)c2ccc(C=Cc3ccccc3)cc2)cs1. The third-order valence-corrected chi connectivity index (χ3v) is 4.18. The van der Waals surface area contributed by atoms with Crippen LogP contribution in [0.2, 0.25) is 0 Å². The van der Waals surface area contributed by atoms with Gasteiger partial charge in [0.1, 0.15) is 0 Å². The Morgan fingerprint density at radius 2 is 1.52 bits per heavy atom. The van der Waals surface area contributed by atoms with Crippen molar-refractivity contribution in [3.63, 3.8) is 0 Å². The molecule has 0 radical (unpaired) electrons. The van der Waals surface area contributed by atoms with E-state index in [0.717, 1.165) is 11.1 Å². The Morgan fingerprint density at radius 1 is 0.870 bits per heavy atom. The van der Waals surface area contributed by atoms with Crippen LogP contribution in [0, 0.1) is 4.91 Å². The first-order valence-electron chi connectivity index (χ1n) is 7.06. The summed E-state index contributed by atoms with van der Waals surface area (Å²) < 4.78 is 0. The second-order valence-electron chi connectivity index (χ2n) is 4.96. The highest BCUT2D eigenvalue weighted by atomic mass is 32.1. The van der Waals surface area contributed by atoms with E-state index in [1.165, 1.54) is 17.4 Å². The average molecular weight is 319 g/mol. The number of benzene rings is 2. The lowest BCUT2D eigenvalue weighted by molar-refractivity contribution is 0.103. The molecule has 0 saturated carbocycles. The molecule has 1 heterocycles. The first kappa shape index (κ1) is 15.1. The maximum Gasteiger partial charge on any atom is 0.193 e. The van der Waals surface area contributed by atoms with Gasteiger partial charge in [-0.3, -0.25) is 4.79 Å². The van der Waals surface area contributed by atoms with Crippen LogP contribution in [0.15, 0.2) is 71.2 Å². The third-order valence-electron chi connectivity index (χ3n) is 3.38.